The van der Waals surface area contributed by atoms with Crippen LogP contribution in [0.5, 0.6) is 5.75 Å². The molecule has 0 aliphatic carbocycles. The van der Waals surface area contributed by atoms with Crippen LogP contribution in [-0.2, 0) is 0 Å². The third-order valence-electron chi connectivity index (χ3n) is 3.54. The van der Waals surface area contributed by atoms with E-state index >= 15 is 0 Å². The van der Waals surface area contributed by atoms with Crippen molar-refractivity contribution in [2.24, 2.45) is 0 Å². The molecular formula is C14H20Cl2N2O. The molecule has 0 N–H and O–H groups in total. The first-order chi connectivity index (χ1) is 9.06. The molecule has 0 bridgehead atoms. The third kappa shape index (κ3) is 4.25. The van der Waals surface area contributed by atoms with E-state index in [0.29, 0.717) is 28.4 Å². The Kier molecular flexibility index (Phi) is 5.34. The number of hydrogen-bond acceptors (Lipinski definition) is 3. The number of nitrogens with zero attached hydrogens (tertiary/aromatic N) is 2. The van der Waals surface area contributed by atoms with Gasteiger partial charge in [-0.05, 0) is 32.2 Å². The molecule has 1 aromatic rings. The van der Waals surface area contributed by atoms with Gasteiger partial charge in [-0.1, -0.05) is 23.2 Å². The highest BCUT2D eigenvalue weighted by Crippen LogP contribution is 2.27. The van der Waals surface area contributed by atoms with Gasteiger partial charge in [0.2, 0.25) is 0 Å². The summed E-state index contributed by atoms with van der Waals surface area (Å²) in [5.74, 6) is 0.701. The van der Waals surface area contributed by atoms with Crippen molar-refractivity contribution < 1.29 is 4.74 Å². The summed E-state index contributed by atoms with van der Waals surface area (Å²) in [6.45, 7) is 7.25. The number of ether oxygens (including phenoxy) is 1. The molecule has 1 aliphatic rings. The molecule has 1 heterocycles. The fourth-order valence-electron chi connectivity index (χ4n) is 2.17. The van der Waals surface area contributed by atoms with E-state index in [1.807, 2.05) is 6.07 Å². The van der Waals surface area contributed by atoms with Crippen molar-refractivity contribution in [3.8, 4) is 5.75 Å². The highest BCUT2D eigenvalue weighted by atomic mass is 35.5. The number of rotatable bonds is 4. The summed E-state index contributed by atoms with van der Waals surface area (Å²) < 4.78 is 5.79. The van der Waals surface area contributed by atoms with Gasteiger partial charge >= 0.3 is 0 Å². The van der Waals surface area contributed by atoms with Crippen LogP contribution in [0.3, 0.4) is 0 Å². The molecular weight excluding hydrogens is 283 g/mol. The van der Waals surface area contributed by atoms with Crippen molar-refractivity contribution >= 4 is 23.2 Å². The zero-order valence-electron chi connectivity index (χ0n) is 11.4. The van der Waals surface area contributed by atoms with Gasteiger partial charge < -0.3 is 9.64 Å². The van der Waals surface area contributed by atoms with Crippen molar-refractivity contribution in [1.82, 2.24) is 9.80 Å². The molecule has 106 valence electrons. The largest absolute Gasteiger partial charge is 0.490 e. The van der Waals surface area contributed by atoms with Gasteiger partial charge in [0.05, 0.1) is 5.02 Å². The summed E-state index contributed by atoms with van der Waals surface area (Å²) in [7, 11) is 2.16. The lowest BCUT2D eigenvalue weighted by molar-refractivity contribution is 0.0904. The van der Waals surface area contributed by atoms with Crippen molar-refractivity contribution in [3.63, 3.8) is 0 Å². The third-order valence-corrected chi connectivity index (χ3v) is 4.07. The Morgan fingerprint density at radius 2 is 1.89 bits per heavy atom. The summed E-state index contributed by atoms with van der Waals surface area (Å²) in [6, 6.07) is 5.71. The SMILES string of the molecule is CC(COc1ccc(Cl)cc1Cl)N1CCN(C)CC1. The van der Waals surface area contributed by atoms with Crippen LogP contribution in [0.15, 0.2) is 18.2 Å². The van der Waals surface area contributed by atoms with Crippen LogP contribution < -0.4 is 4.74 Å². The van der Waals surface area contributed by atoms with E-state index in [9.17, 15) is 0 Å². The van der Waals surface area contributed by atoms with Crippen LogP contribution in [0.1, 0.15) is 6.92 Å². The second-order valence-corrected chi connectivity index (χ2v) is 5.92. The second-order valence-electron chi connectivity index (χ2n) is 5.07. The Morgan fingerprint density at radius 1 is 1.21 bits per heavy atom. The molecule has 1 unspecified atom stereocenters. The maximum Gasteiger partial charge on any atom is 0.138 e. The lowest BCUT2D eigenvalue weighted by Gasteiger charge is -2.36. The average Bonchev–Trinajstić information content (AvgIpc) is 2.38. The quantitative estimate of drug-likeness (QED) is 0.850. The van der Waals surface area contributed by atoms with E-state index in [0.717, 1.165) is 26.2 Å². The molecule has 5 heteroatoms. The van der Waals surface area contributed by atoms with E-state index in [1.165, 1.54) is 0 Å². The Morgan fingerprint density at radius 3 is 2.53 bits per heavy atom. The predicted molar refractivity (Wildman–Crippen MR) is 80.5 cm³/mol. The normalized spacial score (nSPS) is 19.4. The zero-order valence-corrected chi connectivity index (χ0v) is 12.9. The standard InChI is InChI=1S/C14H20Cl2N2O/c1-11(18-7-5-17(2)6-8-18)10-19-14-4-3-12(15)9-13(14)16/h3-4,9,11H,5-8,10H2,1-2H3. The number of likely N-dealkylation sites (N-methyl/N-ethyl adjacent to an activating group) is 1. The molecule has 0 spiro atoms. The Hall–Kier alpha value is -0.480. The maximum atomic E-state index is 6.09. The van der Waals surface area contributed by atoms with Crippen molar-refractivity contribution in [3.05, 3.63) is 28.2 Å². The molecule has 0 amide bonds. The van der Waals surface area contributed by atoms with E-state index < -0.39 is 0 Å². The Bertz CT molecular complexity index is 420. The summed E-state index contributed by atoms with van der Waals surface area (Å²) in [5, 5.41) is 1.20. The molecule has 0 aromatic heterocycles. The summed E-state index contributed by atoms with van der Waals surface area (Å²) in [4.78, 5) is 4.80. The van der Waals surface area contributed by atoms with Crippen LogP contribution in [-0.4, -0.2) is 55.7 Å². The van der Waals surface area contributed by atoms with E-state index in [2.05, 4.69) is 23.8 Å². The molecule has 0 radical (unpaired) electrons. The summed E-state index contributed by atoms with van der Waals surface area (Å²) >= 11 is 12.0. The number of halogens is 2. The molecule has 1 aromatic carbocycles. The van der Waals surface area contributed by atoms with Crippen LogP contribution in [0.4, 0.5) is 0 Å². The minimum Gasteiger partial charge on any atom is -0.490 e. The number of benzene rings is 1. The molecule has 19 heavy (non-hydrogen) atoms. The summed E-state index contributed by atoms with van der Waals surface area (Å²) in [5.41, 5.74) is 0. The van der Waals surface area contributed by atoms with E-state index in [1.54, 1.807) is 12.1 Å². The molecule has 3 nitrogen and oxygen atoms in total. The smallest absolute Gasteiger partial charge is 0.138 e. The van der Waals surface area contributed by atoms with Gasteiger partial charge in [0, 0.05) is 37.2 Å². The van der Waals surface area contributed by atoms with Crippen molar-refractivity contribution in [1.29, 1.82) is 0 Å². The number of hydrogen-bond donors (Lipinski definition) is 0. The molecule has 1 fully saturated rings. The van der Waals surface area contributed by atoms with Crippen LogP contribution in [0, 0.1) is 0 Å². The van der Waals surface area contributed by atoms with Crippen LogP contribution in [0.2, 0.25) is 10.0 Å². The lowest BCUT2D eigenvalue weighted by Crippen LogP contribution is -2.49. The first-order valence-electron chi connectivity index (χ1n) is 6.56. The molecule has 2 rings (SSSR count). The first kappa shape index (κ1) is 14.9. The van der Waals surface area contributed by atoms with E-state index in [4.69, 9.17) is 27.9 Å². The highest BCUT2D eigenvalue weighted by molar-refractivity contribution is 6.35. The second kappa shape index (κ2) is 6.80. The minimum absolute atomic E-state index is 0.389. The van der Waals surface area contributed by atoms with Gasteiger partial charge in [-0.2, -0.15) is 0 Å². The fraction of sp³-hybridized carbons (Fsp3) is 0.571. The van der Waals surface area contributed by atoms with Gasteiger partial charge in [-0.3, -0.25) is 4.90 Å². The van der Waals surface area contributed by atoms with Gasteiger partial charge in [0.25, 0.3) is 0 Å². The topological polar surface area (TPSA) is 15.7 Å². The monoisotopic (exact) mass is 302 g/mol. The van der Waals surface area contributed by atoms with Crippen molar-refractivity contribution in [2.75, 3.05) is 39.8 Å². The molecule has 1 aliphatic heterocycles. The zero-order chi connectivity index (χ0) is 13.8. The minimum atomic E-state index is 0.389. The molecule has 1 atom stereocenters. The van der Waals surface area contributed by atoms with E-state index in [-0.39, 0.29) is 0 Å². The van der Waals surface area contributed by atoms with Gasteiger partial charge in [-0.15, -0.1) is 0 Å². The Balaban J connectivity index is 1.84. The van der Waals surface area contributed by atoms with Gasteiger partial charge in [0.15, 0.2) is 0 Å². The van der Waals surface area contributed by atoms with Gasteiger partial charge in [-0.25, -0.2) is 0 Å². The van der Waals surface area contributed by atoms with Gasteiger partial charge in [0.1, 0.15) is 12.4 Å². The summed E-state index contributed by atoms with van der Waals surface area (Å²) in [6.07, 6.45) is 0. The fourth-order valence-corrected chi connectivity index (χ4v) is 2.63. The predicted octanol–water partition coefficient (Wildman–Crippen LogP) is 3.01. The van der Waals surface area contributed by atoms with Crippen LogP contribution >= 0.6 is 23.2 Å². The number of piperazine rings is 1. The van der Waals surface area contributed by atoms with Crippen LogP contribution in [0.25, 0.3) is 0 Å². The highest BCUT2D eigenvalue weighted by Gasteiger charge is 2.19. The lowest BCUT2D eigenvalue weighted by atomic mass is 10.2. The van der Waals surface area contributed by atoms with Crippen molar-refractivity contribution in [2.45, 2.75) is 13.0 Å². The first-order valence-corrected chi connectivity index (χ1v) is 7.32. The Labute approximate surface area is 125 Å². The molecule has 1 saturated heterocycles. The molecule has 0 saturated carbocycles. The maximum absolute atomic E-state index is 6.09. The average molecular weight is 303 g/mol.